The maximum Gasteiger partial charge on any atom is 0.264 e. The molecule has 0 radical (unpaired) electrons. The van der Waals surface area contributed by atoms with Crippen LogP contribution >= 0.6 is 11.3 Å². The largest absolute Gasteiger partial charge is 0.271 e. The molecule has 0 saturated heterocycles. The standard InChI is InChI=1S/C23H25N3O3S2/c1-17(2)19-9-11-20(12-10-19)26(31(28,29)21-7-5-4-6-8-21)16-23(27)25-24-15-22-18(3)13-14-30-22/h4-15,17H,16H2,1-3H3,(H,25,27)/b24-15-. The first-order valence-electron chi connectivity index (χ1n) is 9.83. The molecular weight excluding hydrogens is 430 g/mol. The Morgan fingerprint density at radius 1 is 1.10 bits per heavy atom. The van der Waals surface area contributed by atoms with Crippen LogP contribution in [0.3, 0.4) is 0 Å². The highest BCUT2D eigenvalue weighted by Gasteiger charge is 2.27. The number of amides is 1. The van der Waals surface area contributed by atoms with Gasteiger partial charge in [-0.1, -0.05) is 44.2 Å². The summed E-state index contributed by atoms with van der Waals surface area (Å²) in [7, 11) is -3.93. The summed E-state index contributed by atoms with van der Waals surface area (Å²) in [5.41, 5.74) is 4.99. The minimum Gasteiger partial charge on any atom is -0.271 e. The molecule has 3 aromatic rings. The monoisotopic (exact) mass is 455 g/mol. The zero-order valence-corrected chi connectivity index (χ0v) is 19.3. The number of anilines is 1. The molecule has 0 atom stereocenters. The number of benzene rings is 2. The number of hydrogen-bond acceptors (Lipinski definition) is 5. The van der Waals surface area contributed by atoms with Crippen molar-refractivity contribution in [1.82, 2.24) is 5.43 Å². The van der Waals surface area contributed by atoms with E-state index in [1.807, 2.05) is 30.5 Å². The minimum absolute atomic E-state index is 0.119. The van der Waals surface area contributed by atoms with E-state index >= 15 is 0 Å². The molecule has 0 aliphatic carbocycles. The summed E-state index contributed by atoms with van der Waals surface area (Å²) >= 11 is 1.51. The molecule has 1 N–H and O–H groups in total. The molecule has 0 saturated carbocycles. The van der Waals surface area contributed by atoms with Gasteiger partial charge in [0.05, 0.1) is 16.8 Å². The molecule has 0 bridgehead atoms. The van der Waals surface area contributed by atoms with Crippen molar-refractivity contribution < 1.29 is 13.2 Å². The fraction of sp³-hybridized carbons (Fsp3) is 0.217. The molecule has 0 fully saturated rings. The third kappa shape index (κ3) is 5.59. The first-order chi connectivity index (χ1) is 14.8. The lowest BCUT2D eigenvalue weighted by molar-refractivity contribution is -0.119. The van der Waals surface area contributed by atoms with Crippen LogP contribution in [0.4, 0.5) is 5.69 Å². The van der Waals surface area contributed by atoms with E-state index in [4.69, 9.17) is 0 Å². The van der Waals surface area contributed by atoms with Gasteiger partial charge in [-0.2, -0.15) is 5.10 Å². The second-order valence-corrected chi connectivity index (χ2v) is 10.1. The minimum atomic E-state index is -3.93. The van der Waals surface area contributed by atoms with Gasteiger partial charge < -0.3 is 0 Å². The highest BCUT2D eigenvalue weighted by Crippen LogP contribution is 2.25. The molecular formula is C23H25N3O3S2. The van der Waals surface area contributed by atoms with Crippen molar-refractivity contribution in [1.29, 1.82) is 0 Å². The molecule has 0 spiro atoms. The maximum atomic E-state index is 13.3. The van der Waals surface area contributed by atoms with Crippen molar-refractivity contribution in [3.8, 4) is 0 Å². The van der Waals surface area contributed by atoms with Crippen LogP contribution in [0.25, 0.3) is 0 Å². The van der Waals surface area contributed by atoms with Crippen molar-refractivity contribution in [2.75, 3.05) is 10.8 Å². The Bertz CT molecular complexity index is 1150. The Morgan fingerprint density at radius 3 is 2.35 bits per heavy atom. The fourth-order valence-corrected chi connectivity index (χ4v) is 5.13. The quantitative estimate of drug-likeness (QED) is 0.400. The third-order valence-electron chi connectivity index (χ3n) is 4.74. The number of sulfonamides is 1. The highest BCUT2D eigenvalue weighted by molar-refractivity contribution is 7.92. The average molecular weight is 456 g/mol. The number of carbonyl (C=O) groups excluding carboxylic acids is 1. The lowest BCUT2D eigenvalue weighted by Crippen LogP contribution is -2.39. The summed E-state index contributed by atoms with van der Waals surface area (Å²) in [4.78, 5) is 13.6. The van der Waals surface area contributed by atoms with Crippen molar-refractivity contribution in [2.45, 2.75) is 31.6 Å². The van der Waals surface area contributed by atoms with Gasteiger partial charge in [-0.15, -0.1) is 11.3 Å². The molecule has 8 heteroatoms. The van der Waals surface area contributed by atoms with E-state index in [1.54, 1.807) is 36.5 Å². The predicted octanol–water partition coefficient (Wildman–Crippen LogP) is 4.53. The van der Waals surface area contributed by atoms with Gasteiger partial charge >= 0.3 is 0 Å². The lowest BCUT2D eigenvalue weighted by atomic mass is 10.0. The van der Waals surface area contributed by atoms with Crippen LogP contribution in [-0.4, -0.2) is 27.1 Å². The Labute approximate surface area is 187 Å². The molecule has 6 nitrogen and oxygen atoms in total. The van der Waals surface area contributed by atoms with Crippen LogP contribution in [-0.2, 0) is 14.8 Å². The Morgan fingerprint density at radius 2 is 1.77 bits per heavy atom. The third-order valence-corrected chi connectivity index (χ3v) is 7.48. The van der Waals surface area contributed by atoms with Gasteiger partial charge in [0.2, 0.25) is 0 Å². The molecule has 1 aromatic heterocycles. The molecule has 0 aliphatic rings. The van der Waals surface area contributed by atoms with E-state index in [9.17, 15) is 13.2 Å². The van der Waals surface area contributed by atoms with Crippen molar-refractivity contribution in [3.05, 3.63) is 82.0 Å². The lowest BCUT2D eigenvalue weighted by Gasteiger charge is -2.24. The molecule has 31 heavy (non-hydrogen) atoms. The van der Waals surface area contributed by atoms with Gasteiger partial charge in [0.15, 0.2) is 0 Å². The van der Waals surface area contributed by atoms with Gasteiger partial charge in [0, 0.05) is 4.88 Å². The van der Waals surface area contributed by atoms with Crippen LogP contribution in [0.2, 0.25) is 0 Å². The summed E-state index contributed by atoms with van der Waals surface area (Å²) in [6, 6.07) is 17.2. The number of nitrogens with one attached hydrogen (secondary N) is 1. The molecule has 2 aromatic carbocycles. The Balaban J connectivity index is 1.86. The normalized spacial score (nSPS) is 11.7. The van der Waals surface area contributed by atoms with Gasteiger partial charge in [-0.05, 0) is 59.7 Å². The Kier molecular flexibility index (Phi) is 7.25. The number of carbonyl (C=O) groups is 1. The van der Waals surface area contributed by atoms with Gasteiger partial charge in [0.1, 0.15) is 6.54 Å². The molecule has 162 valence electrons. The summed E-state index contributed by atoms with van der Waals surface area (Å²) in [6.07, 6.45) is 1.56. The first kappa shape index (κ1) is 22.7. The van der Waals surface area contributed by atoms with E-state index in [0.717, 1.165) is 20.3 Å². The second-order valence-electron chi connectivity index (χ2n) is 7.33. The zero-order chi connectivity index (χ0) is 22.4. The van der Waals surface area contributed by atoms with Crippen molar-refractivity contribution in [2.24, 2.45) is 5.10 Å². The number of nitrogens with zero attached hydrogens (tertiary/aromatic N) is 2. The number of hydrazone groups is 1. The molecule has 3 rings (SSSR count). The van der Waals surface area contributed by atoms with Crippen molar-refractivity contribution in [3.63, 3.8) is 0 Å². The van der Waals surface area contributed by atoms with E-state index in [1.165, 1.54) is 23.5 Å². The number of aryl methyl sites for hydroxylation is 1. The summed E-state index contributed by atoms with van der Waals surface area (Å²) in [5.74, 6) is -0.218. The molecule has 0 aliphatic heterocycles. The van der Waals surface area contributed by atoms with Gasteiger partial charge in [-0.3, -0.25) is 9.10 Å². The number of thiophene rings is 1. The Hall–Kier alpha value is -2.97. The number of hydrogen-bond donors (Lipinski definition) is 1. The fourth-order valence-electron chi connectivity index (χ4n) is 2.91. The summed E-state index contributed by atoms with van der Waals surface area (Å²) < 4.78 is 27.7. The average Bonchev–Trinajstić information content (AvgIpc) is 3.17. The summed E-state index contributed by atoms with van der Waals surface area (Å²) in [6.45, 7) is 5.69. The first-order valence-corrected chi connectivity index (χ1v) is 12.1. The molecule has 0 unspecified atom stereocenters. The van der Waals surface area contributed by atoms with Crippen LogP contribution in [0, 0.1) is 6.92 Å². The topological polar surface area (TPSA) is 78.8 Å². The molecule has 1 amide bonds. The second kappa shape index (κ2) is 9.89. The zero-order valence-electron chi connectivity index (χ0n) is 17.6. The van der Waals surface area contributed by atoms with Crippen molar-refractivity contribution >= 4 is 39.2 Å². The van der Waals surface area contributed by atoms with E-state index in [-0.39, 0.29) is 11.4 Å². The highest BCUT2D eigenvalue weighted by atomic mass is 32.2. The van der Waals surface area contributed by atoms with Crippen LogP contribution in [0.5, 0.6) is 0 Å². The van der Waals surface area contributed by atoms with Gasteiger partial charge in [0.25, 0.3) is 15.9 Å². The van der Waals surface area contributed by atoms with E-state index in [0.29, 0.717) is 11.6 Å². The van der Waals surface area contributed by atoms with Crippen LogP contribution in [0.1, 0.15) is 35.8 Å². The molecule has 1 heterocycles. The van der Waals surface area contributed by atoms with Crippen LogP contribution < -0.4 is 9.73 Å². The number of rotatable bonds is 8. The maximum absolute atomic E-state index is 13.3. The van der Waals surface area contributed by atoms with E-state index < -0.39 is 15.9 Å². The smallest absolute Gasteiger partial charge is 0.264 e. The van der Waals surface area contributed by atoms with Gasteiger partial charge in [-0.25, -0.2) is 13.8 Å². The predicted molar refractivity (Wildman–Crippen MR) is 126 cm³/mol. The SMILES string of the molecule is Cc1ccsc1/C=N\NC(=O)CN(c1ccc(C(C)C)cc1)S(=O)(=O)c1ccccc1. The van der Waals surface area contributed by atoms with Crippen LogP contribution in [0.15, 0.2) is 76.0 Å². The summed E-state index contributed by atoms with van der Waals surface area (Å²) in [5, 5.41) is 5.92. The van der Waals surface area contributed by atoms with E-state index in [2.05, 4.69) is 24.4 Å².